The van der Waals surface area contributed by atoms with Crippen LogP contribution in [0.15, 0.2) is 65.3 Å². The van der Waals surface area contributed by atoms with Gasteiger partial charge in [0, 0.05) is 11.6 Å². The molecule has 2 aromatic rings. The predicted molar refractivity (Wildman–Crippen MR) is 83.2 cm³/mol. The van der Waals surface area contributed by atoms with Gasteiger partial charge in [0.1, 0.15) is 0 Å². The lowest BCUT2D eigenvalue weighted by Gasteiger charge is -2.21. The fourth-order valence-electron chi connectivity index (χ4n) is 2.28. The molecule has 2 aromatic carbocycles. The SMILES string of the molecule is Cc1ccc2c(c1)N/C(=C/C(=O)O)C(c1ccccc1)=N2. The van der Waals surface area contributed by atoms with E-state index in [1.54, 1.807) is 0 Å². The van der Waals surface area contributed by atoms with Crippen molar-refractivity contribution in [1.82, 2.24) is 0 Å². The molecule has 3 rings (SSSR count). The van der Waals surface area contributed by atoms with Gasteiger partial charge in [-0.25, -0.2) is 9.79 Å². The van der Waals surface area contributed by atoms with Crippen LogP contribution in [0.5, 0.6) is 0 Å². The van der Waals surface area contributed by atoms with E-state index in [1.165, 1.54) is 0 Å². The van der Waals surface area contributed by atoms with E-state index in [0.29, 0.717) is 11.4 Å². The molecule has 0 saturated carbocycles. The number of allylic oxidation sites excluding steroid dienone is 1. The molecule has 0 saturated heterocycles. The quantitative estimate of drug-likeness (QED) is 0.826. The van der Waals surface area contributed by atoms with Crippen LogP contribution in [0.25, 0.3) is 0 Å². The molecular formula is C17H14N2O2. The third kappa shape index (κ3) is 2.69. The van der Waals surface area contributed by atoms with Gasteiger partial charge in [-0.2, -0.15) is 0 Å². The molecule has 4 nitrogen and oxygen atoms in total. The van der Waals surface area contributed by atoms with Gasteiger partial charge in [-0.1, -0.05) is 36.4 Å². The van der Waals surface area contributed by atoms with Crippen LogP contribution in [-0.4, -0.2) is 16.8 Å². The first-order chi connectivity index (χ1) is 10.1. The second-order valence-corrected chi connectivity index (χ2v) is 4.87. The van der Waals surface area contributed by atoms with Crippen LogP contribution in [0.3, 0.4) is 0 Å². The molecule has 0 atom stereocenters. The lowest BCUT2D eigenvalue weighted by atomic mass is 10.0. The zero-order valence-electron chi connectivity index (χ0n) is 11.5. The van der Waals surface area contributed by atoms with E-state index in [0.717, 1.165) is 28.6 Å². The monoisotopic (exact) mass is 278 g/mol. The average Bonchev–Trinajstić information content (AvgIpc) is 2.47. The Balaban J connectivity index is 2.17. The zero-order valence-corrected chi connectivity index (χ0v) is 11.5. The van der Waals surface area contributed by atoms with Gasteiger partial charge in [-0.3, -0.25) is 0 Å². The third-order valence-electron chi connectivity index (χ3n) is 3.22. The standard InChI is InChI=1S/C17H14N2O2/c1-11-7-8-13-14(9-11)18-15(10-16(20)21)17(19-13)12-5-3-2-4-6-12/h2-10,18H,1H3,(H,20,21)/b15-10+. The van der Waals surface area contributed by atoms with Crippen molar-refractivity contribution in [2.24, 2.45) is 4.99 Å². The Bertz CT molecular complexity index is 762. The summed E-state index contributed by atoms with van der Waals surface area (Å²) in [6.07, 6.45) is 1.15. The van der Waals surface area contributed by atoms with Crippen molar-refractivity contribution in [2.45, 2.75) is 6.92 Å². The van der Waals surface area contributed by atoms with Gasteiger partial charge >= 0.3 is 5.97 Å². The molecule has 0 spiro atoms. The number of nitrogens with one attached hydrogen (secondary N) is 1. The summed E-state index contributed by atoms with van der Waals surface area (Å²) in [6, 6.07) is 15.4. The van der Waals surface area contributed by atoms with Gasteiger partial charge in [-0.05, 0) is 24.6 Å². The molecular weight excluding hydrogens is 264 g/mol. The van der Waals surface area contributed by atoms with Crippen LogP contribution in [-0.2, 0) is 4.79 Å². The summed E-state index contributed by atoms with van der Waals surface area (Å²) >= 11 is 0. The summed E-state index contributed by atoms with van der Waals surface area (Å²) in [6.45, 7) is 1.99. The van der Waals surface area contributed by atoms with Crippen molar-refractivity contribution in [2.75, 3.05) is 5.32 Å². The number of aryl methyl sites for hydroxylation is 1. The summed E-state index contributed by atoms with van der Waals surface area (Å²) in [4.78, 5) is 15.7. The molecule has 4 heteroatoms. The van der Waals surface area contributed by atoms with E-state index >= 15 is 0 Å². The predicted octanol–water partition coefficient (Wildman–Crippen LogP) is 3.51. The van der Waals surface area contributed by atoms with E-state index in [4.69, 9.17) is 5.11 Å². The topological polar surface area (TPSA) is 61.7 Å². The number of aliphatic imine (C=N–C) groups is 1. The van der Waals surface area contributed by atoms with Crippen LogP contribution < -0.4 is 5.32 Å². The number of carboxylic acids is 1. The number of benzene rings is 2. The molecule has 0 bridgehead atoms. The Labute approximate surface area is 122 Å². The number of hydrogen-bond acceptors (Lipinski definition) is 3. The highest BCUT2D eigenvalue weighted by atomic mass is 16.4. The largest absolute Gasteiger partial charge is 0.478 e. The van der Waals surface area contributed by atoms with Gasteiger partial charge in [0.15, 0.2) is 0 Å². The fourth-order valence-corrected chi connectivity index (χ4v) is 2.28. The minimum atomic E-state index is -1.00. The van der Waals surface area contributed by atoms with E-state index < -0.39 is 5.97 Å². The highest BCUT2D eigenvalue weighted by molar-refractivity contribution is 6.19. The van der Waals surface area contributed by atoms with E-state index in [1.807, 2.05) is 55.5 Å². The lowest BCUT2D eigenvalue weighted by molar-refractivity contribution is -0.131. The van der Waals surface area contributed by atoms with Crippen molar-refractivity contribution < 1.29 is 9.90 Å². The first-order valence-electron chi connectivity index (χ1n) is 6.60. The molecule has 0 aromatic heterocycles. The van der Waals surface area contributed by atoms with Gasteiger partial charge in [0.2, 0.25) is 0 Å². The molecule has 21 heavy (non-hydrogen) atoms. The highest BCUT2D eigenvalue weighted by Gasteiger charge is 2.19. The second-order valence-electron chi connectivity index (χ2n) is 4.87. The highest BCUT2D eigenvalue weighted by Crippen LogP contribution is 2.33. The zero-order chi connectivity index (χ0) is 14.8. The van der Waals surface area contributed by atoms with Gasteiger partial charge in [0.05, 0.1) is 22.8 Å². The molecule has 2 N–H and O–H groups in total. The van der Waals surface area contributed by atoms with E-state index in [-0.39, 0.29) is 0 Å². The summed E-state index contributed by atoms with van der Waals surface area (Å²) in [5, 5.41) is 12.2. The number of anilines is 1. The number of rotatable bonds is 2. The van der Waals surface area contributed by atoms with Gasteiger partial charge in [0.25, 0.3) is 0 Å². The van der Waals surface area contributed by atoms with Crippen LogP contribution >= 0.6 is 0 Å². The van der Waals surface area contributed by atoms with Crippen molar-refractivity contribution in [3.63, 3.8) is 0 Å². The molecule has 1 aliphatic heterocycles. The lowest BCUT2D eigenvalue weighted by Crippen LogP contribution is -2.18. The first-order valence-corrected chi connectivity index (χ1v) is 6.60. The van der Waals surface area contributed by atoms with Crippen LogP contribution in [0.2, 0.25) is 0 Å². The Morgan fingerprint density at radius 2 is 1.95 bits per heavy atom. The molecule has 1 heterocycles. The number of carboxylic acid groups (broad SMARTS) is 1. The van der Waals surface area contributed by atoms with Crippen LogP contribution in [0.4, 0.5) is 11.4 Å². The minimum absolute atomic E-state index is 0.492. The molecule has 1 aliphatic rings. The number of aliphatic carboxylic acids is 1. The summed E-state index contributed by atoms with van der Waals surface area (Å²) in [5.41, 5.74) is 4.73. The second kappa shape index (κ2) is 5.25. The van der Waals surface area contributed by atoms with Crippen molar-refractivity contribution >= 4 is 23.1 Å². The number of nitrogens with zero attached hydrogens (tertiary/aromatic N) is 1. The van der Waals surface area contributed by atoms with Crippen molar-refractivity contribution in [1.29, 1.82) is 0 Å². The molecule has 0 unspecified atom stereocenters. The summed E-state index contributed by atoms with van der Waals surface area (Å²) in [7, 11) is 0. The number of hydrogen-bond donors (Lipinski definition) is 2. The Kier molecular flexibility index (Phi) is 3.28. The average molecular weight is 278 g/mol. The maximum atomic E-state index is 11.1. The number of fused-ring (bicyclic) bond motifs is 1. The van der Waals surface area contributed by atoms with Crippen LogP contribution in [0.1, 0.15) is 11.1 Å². The minimum Gasteiger partial charge on any atom is -0.478 e. The van der Waals surface area contributed by atoms with Gasteiger partial charge < -0.3 is 10.4 Å². The van der Waals surface area contributed by atoms with Crippen LogP contribution in [0, 0.1) is 6.92 Å². The molecule has 0 fully saturated rings. The molecule has 0 radical (unpaired) electrons. The van der Waals surface area contributed by atoms with Crippen molar-refractivity contribution in [3.05, 3.63) is 71.4 Å². The Morgan fingerprint density at radius 3 is 2.67 bits per heavy atom. The smallest absolute Gasteiger partial charge is 0.330 e. The Morgan fingerprint density at radius 1 is 1.19 bits per heavy atom. The molecule has 0 amide bonds. The third-order valence-corrected chi connectivity index (χ3v) is 3.22. The normalized spacial score (nSPS) is 15.1. The van der Waals surface area contributed by atoms with E-state index in [2.05, 4.69) is 10.3 Å². The number of carbonyl (C=O) groups is 1. The fraction of sp³-hybridized carbons (Fsp3) is 0.0588. The first kappa shape index (κ1) is 13.1. The molecule has 104 valence electrons. The maximum Gasteiger partial charge on any atom is 0.330 e. The van der Waals surface area contributed by atoms with E-state index in [9.17, 15) is 4.79 Å². The molecule has 0 aliphatic carbocycles. The Hall–Kier alpha value is -2.88. The summed E-state index contributed by atoms with van der Waals surface area (Å²) < 4.78 is 0. The van der Waals surface area contributed by atoms with Gasteiger partial charge in [-0.15, -0.1) is 0 Å². The summed E-state index contributed by atoms with van der Waals surface area (Å²) in [5.74, 6) is -1.00. The maximum absolute atomic E-state index is 11.1. The van der Waals surface area contributed by atoms with Crippen molar-refractivity contribution in [3.8, 4) is 0 Å².